The van der Waals surface area contributed by atoms with Crippen LogP contribution in [0.5, 0.6) is 0 Å². The molecule has 1 unspecified atom stereocenters. The predicted molar refractivity (Wildman–Crippen MR) is 120 cm³/mol. The Bertz CT molecular complexity index is 1140. The van der Waals surface area contributed by atoms with E-state index in [0.29, 0.717) is 11.6 Å². The van der Waals surface area contributed by atoms with E-state index < -0.39 is 0 Å². The van der Waals surface area contributed by atoms with Crippen LogP contribution in [0, 0.1) is 6.92 Å². The molecule has 0 saturated carbocycles. The second-order valence-electron chi connectivity index (χ2n) is 7.34. The van der Waals surface area contributed by atoms with E-state index in [1.54, 1.807) is 11.0 Å². The van der Waals surface area contributed by atoms with Gasteiger partial charge in [-0.2, -0.15) is 5.10 Å². The van der Waals surface area contributed by atoms with Crippen LogP contribution >= 0.6 is 11.3 Å². The van der Waals surface area contributed by atoms with E-state index in [4.69, 9.17) is 0 Å². The first kappa shape index (κ1) is 20.8. The summed E-state index contributed by atoms with van der Waals surface area (Å²) < 4.78 is 1.72. The molecule has 9 heteroatoms. The molecule has 2 aromatic carbocycles. The number of benzene rings is 2. The van der Waals surface area contributed by atoms with Gasteiger partial charge >= 0.3 is 0 Å². The van der Waals surface area contributed by atoms with Gasteiger partial charge in [0, 0.05) is 11.7 Å². The van der Waals surface area contributed by atoms with Crippen LogP contribution in [0.3, 0.4) is 0 Å². The first-order valence-corrected chi connectivity index (χ1v) is 10.7. The number of carbonyl (C=O) groups excluding carboxylic acids is 1. The molecule has 0 fully saturated rings. The molecule has 0 bridgehead atoms. The third-order valence-electron chi connectivity index (χ3n) is 5.08. The molecule has 0 spiro atoms. The molecule has 0 aliphatic heterocycles. The van der Waals surface area contributed by atoms with Gasteiger partial charge in [-0.15, -0.1) is 10.2 Å². The van der Waals surface area contributed by atoms with Gasteiger partial charge in [0.2, 0.25) is 5.01 Å². The number of hydrogen-bond donors (Lipinski definition) is 1. The highest BCUT2D eigenvalue weighted by molar-refractivity contribution is 7.13. The van der Waals surface area contributed by atoms with Crippen molar-refractivity contribution in [3.05, 3.63) is 82.3 Å². The van der Waals surface area contributed by atoms with Crippen LogP contribution in [0.15, 0.2) is 61.2 Å². The van der Waals surface area contributed by atoms with E-state index >= 15 is 0 Å². The minimum atomic E-state index is -0.244. The average molecular weight is 434 g/mol. The first-order valence-electron chi connectivity index (χ1n) is 9.85. The number of hydrogen-bond acceptors (Lipinski definition) is 7. The summed E-state index contributed by atoms with van der Waals surface area (Å²) in [6.07, 6.45) is 3.19. The second kappa shape index (κ2) is 9.15. The van der Waals surface area contributed by atoms with Gasteiger partial charge in [0.15, 0.2) is 0 Å². The lowest BCUT2D eigenvalue weighted by atomic mass is 10.1. The Kier molecular flexibility index (Phi) is 6.15. The molecular formula is C22H23N7OS. The lowest BCUT2D eigenvalue weighted by Crippen LogP contribution is -2.21. The van der Waals surface area contributed by atoms with Crippen molar-refractivity contribution in [2.75, 3.05) is 12.4 Å². The van der Waals surface area contributed by atoms with Crippen LogP contribution < -0.4 is 5.32 Å². The highest BCUT2D eigenvalue weighted by Gasteiger charge is 2.17. The Labute approximate surface area is 184 Å². The van der Waals surface area contributed by atoms with Gasteiger partial charge in [-0.1, -0.05) is 41.2 Å². The Morgan fingerprint density at radius 2 is 1.87 bits per heavy atom. The maximum atomic E-state index is 12.5. The summed E-state index contributed by atoms with van der Waals surface area (Å²) in [6, 6.07) is 16.0. The summed E-state index contributed by atoms with van der Waals surface area (Å²) in [7, 11) is 2.03. The smallest absolute Gasteiger partial charge is 0.286 e. The highest BCUT2D eigenvalue weighted by atomic mass is 32.1. The van der Waals surface area contributed by atoms with E-state index in [-0.39, 0.29) is 11.9 Å². The molecule has 2 aromatic heterocycles. The summed E-state index contributed by atoms with van der Waals surface area (Å²) in [4.78, 5) is 18.6. The van der Waals surface area contributed by atoms with Crippen molar-refractivity contribution in [1.82, 2.24) is 29.9 Å². The topological polar surface area (TPSA) is 88.8 Å². The largest absolute Gasteiger partial charge is 0.320 e. The second-order valence-corrected chi connectivity index (χ2v) is 8.41. The van der Waals surface area contributed by atoms with Crippen molar-refractivity contribution in [1.29, 1.82) is 0 Å². The van der Waals surface area contributed by atoms with Crippen molar-refractivity contribution in [2.45, 2.75) is 26.4 Å². The molecule has 31 heavy (non-hydrogen) atoms. The van der Waals surface area contributed by atoms with E-state index in [0.717, 1.165) is 21.9 Å². The van der Waals surface area contributed by atoms with Crippen LogP contribution in [0.2, 0.25) is 0 Å². The summed E-state index contributed by atoms with van der Waals surface area (Å²) in [5.41, 5.74) is 4.02. The van der Waals surface area contributed by atoms with Crippen LogP contribution in [0.25, 0.3) is 5.69 Å². The van der Waals surface area contributed by atoms with E-state index in [2.05, 4.69) is 49.6 Å². The van der Waals surface area contributed by atoms with Crippen LogP contribution in [-0.4, -0.2) is 42.8 Å². The fraction of sp³-hybridized carbons (Fsp3) is 0.227. The molecular weight excluding hydrogens is 410 g/mol. The van der Waals surface area contributed by atoms with Crippen molar-refractivity contribution in [2.24, 2.45) is 0 Å². The maximum Gasteiger partial charge on any atom is 0.286 e. The van der Waals surface area contributed by atoms with Crippen molar-refractivity contribution >= 4 is 22.9 Å². The fourth-order valence-corrected chi connectivity index (χ4v) is 3.88. The molecule has 0 aliphatic rings. The number of anilines is 1. The molecule has 4 rings (SSSR count). The summed E-state index contributed by atoms with van der Waals surface area (Å²) in [5.74, 6) is -0.244. The molecule has 0 radical (unpaired) electrons. The Morgan fingerprint density at radius 1 is 1.13 bits per heavy atom. The standard InChI is InChI=1S/C22H23N7OS/c1-15-4-8-18(9-5-15)25-21(30)22-27-26-20(31-22)12-28(3)16(2)17-6-10-19(11-7-17)29-14-23-13-24-29/h4-11,13-14,16H,12H2,1-3H3,(H,25,30). The molecule has 0 saturated heterocycles. The van der Waals surface area contributed by atoms with Crippen molar-refractivity contribution in [3.8, 4) is 5.69 Å². The molecule has 158 valence electrons. The first-order chi connectivity index (χ1) is 15.0. The number of aryl methyl sites for hydroxylation is 1. The number of carbonyl (C=O) groups is 1. The van der Waals surface area contributed by atoms with Crippen LogP contribution in [0.1, 0.15) is 38.9 Å². The van der Waals surface area contributed by atoms with E-state index in [9.17, 15) is 4.79 Å². The molecule has 0 aliphatic carbocycles. The maximum absolute atomic E-state index is 12.5. The molecule has 1 amide bonds. The minimum absolute atomic E-state index is 0.165. The van der Waals surface area contributed by atoms with E-state index in [1.165, 1.54) is 23.2 Å². The summed E-state index contributed by atoms with van der Waals surface area (Å²) in [6.45, 7) is 4.74. The Balaban J connectivity index is 1.37. The average Bonchev–Trinajstić information content (AvgIpc) is 3.47. The summed E-state index contributed by atoms with van der Waals surface area (Å²) in [5, 5.41) is 16.4. The third kappa shape index (κ3) is 5.01. The van der Waals surface area contributed by atoms with Gasteiger partial charge in [-0.25, -0.2) is 9.67 Å². The zero-order valence-corrected chi connectivity index (χ0v) is 18.4. The van der Waals surface area contributed by atoms with Gasteiger partial charge < -0.3 is 5.32 Å². The quantitative estimate of drug-likeness (QED) is 0.476. The number of nitrogens with zero attached hydrogens (tertiary/aromatic N) is 6. The monoisotopic (exact) mass is 433 g/mol. The highest BCUT2D eigenvalue weighted by Crippen LogP contribution is 2.23. The molecule has 8 nitrogen and oxygen atoms in total. The van der Waals surface area contributed by atoms with Gasteiger partial charge in [-0.05, 0) is 50.7 Å². The van der Waals surface area contributed by atoms with Gasteiger partial charge in [-0.3, -0.25) is 9.69 Å². The van der Waals surface area contributed by atoms with E-state index in [1.807, 2.05) is 50.4 Å². The fourth-order valence-electron chi connectivity index (χ4n) is 3.08. The Hall–Kier alpha value is -3.43. The van der Waals surface area contributed by atoms with Crippen molar-refractivity contribution < 1.29 is 4.79 Å². The normalized spacial score (nSPS) is 12.1. The Morgan fingerprint density at radius 3 is 2.55 bits per heavy atom. The SMILES string of the molecule is Cc1ccc(NC(=O)c2nnc(CN(C)C(C)c3ccc(-n4cncn4)cc3)s2)cc1. The number of aromatic nitrogens is 5. The van der Waals surface area contributed by atoms with Crippen LogP contribution in [0.4, 0.5) is 5.69 Å². The molecule has 2 heterocycles. The third-order valence-corrected chi connectivity index (χ3v) is 5.98. The summed E-state index contributed by atoms with van der Waals surface area (Å²) >= 11 is 1.31. The minimum Gasteiger partial charge on any atom is -0.320 e. The lowest BCUT2D eigenvalue weighted by Gasteiger charge is -2.24. The lowest BCUT2D eigenvalue weighted by molar-refractivity contribution is 0.102. The molecule has 1 atom stereocenters. The predicted octanol–water partition coefficient (Wildman–Crippen LogP) is 3.87. The molecule has 1 N–H and O–H groups in total. The zero-order chi connectivity index (χ0) is 21.8. The zero-order valence-electron chi connectivity index (χ0n) is 17.6. The van der Waals surface area contributed by atoms with Crippen LogP contribution in [-0.2, 0) is 6.54 Å². The number of nitrogens with one attached hydrogen (secondary N) is 1. The van der Waals surface area contributed by atoms with Gasteiger partial charge in [0.05, 0.1) is 12.2 Å². The van der Waals surface area contributed by atoms with Crippen molar-refractivity contribution in [3.63, 3.8) is 0 Å². The van der Waals surface area contributed by atoms with Gasteiger partial charge in [0.1, 0.15) is 17.7 Å². The molecule has 4 aromatic rings. The number of amides is 1. The van der Waals surface area contributed by atoms with Gasteiger partial charge in [0.25, 0.3) is 5.91 Å². The number of rotatable bonds is 7.